The van der Waals surface area contributed by atoms with Gasteiger partial charge in [0.1, 0.15) is 22.1 Å². The number of nitrogens with zero attached hydrogens (tertiary/aromatic N) is 1. The van der Waals surface area contributed by atoms with E-state index in [4.69, 9.17) is 10.00 Å². The second-order valence-electron chi connectivity index (χ2n) is 5.74. The van der Waals surface area contributed by atoms with Crippen LogP contribution in [-0.4, -0.2) is 27.0 Å². The minimum Gasteiger partial charge on any atom is -0.479 e. The van der Waals surface area contributed by atoms with Crippen LogP contribution < -0.4 is 14.8 Å². The number of carbonyl (C=O) groups excluding carboxylic acids is 1. The standard InChI is InChI=1S/C17H19N3O4S2/c1-12(2)16(20-26(22,23)15-4-3-11-25-15)17(21)19-13-5-7-14(8-6-13)24-10-9-18/h3-8,11-12,16,20H,10H2,1-2H3,(H,19,21)/t16-/m0/s1. The molecule has 138 valence electrons. The molecular formula is C17H19N3O4S2. The van der Waals surface area contributed by atoms with Crippen LogP contribution >= 0.6 is 11.3 Å². The Labute approximate surface area is 156 Å². The van der Waals surface area contributed by atoms with Crippen molar-refractivity contribution < 1.29 is 17.9 Å². The van der Waals surface area contributed by atoms with E-state index in [1.54, 1.807) is 49.6 Å². The molecule has 0 spiro atoms. The highest BCUT2D eigenvalue weighted by Crippen LogP contribution is 2.19. The Morgan fingerprint density at radius 2 is 1.96 bits per heavy atom. The van der Waals surface area contributed by atoms with Crippen LogP contribution in [0.25, 0.3) is 0 Å². The third-order valence-electron chi connectivity index (χ3n) is 3.42. The lowest BCUT2D eigenvalue weighted by atomic mass is 10.0. The summed E-state index contributed by atoms with van der Waals surface area (Å²) < 4.78 is 32.5. The number of hydrogen-bond acceptors (Lipinski definition) is 6. The number of anilines is 1. The Morgan fingerprint density at radius 1 is 1.27 bits per heavy atom. The van der Waals surface area contributed by atoms with E-state index in [2.05, 4.69) is 10.0 Å². The van der Waals surface area contributed by atoms with Gasteiger partial charge in [-0.25, -0.2) is 8.42 Å². The van der Waals surface area contributed by atoms with E-state index >= 15 is 0 Å². The maximum absolute atomic E-state index is 12.5. The first-order valence-corrected chi connectivity index (χ1v) is 10.2. The van der Waals surface area contributed by atoms with Gasteiger partial charge in [-0.2, -0.15) is 9.98 Å². The van der Waals surface area contributed by atoms with Crippen molar-refractivity contribution in [1.82, 2.24) is 4.72 Å². The number of ether oxygens (including phenoxy) is 1. The number of nitrogens with one attached hydrogen (secondary N) is 2. The van der Waals surface area contributed by atoms with E-state index < -0.39 is 22.0 Å². The molecule has 2 rings (SSSR count). The highest BCUT2D eigenvalue weighted by atomic mass is 32.2. The number of benzene rings is 1. The zero-order valence-corrected chi connectivity index (χ0v) is 15.9. The molecule has 2 N–H and O–H groups in total. The summed E-state index contributed by atoms with van der Waals surface area (Å²) in [6.45, 7) is 3.46. The average Bonchev–Trinajstić information content (AvgIpc) is 3.14. The SMILES string of the molecule is CC(C)[C@H](NS(=O)(=O)c1cccs1)C(=O)Nc1ccc(OCC#N)cc1. The minimum absolute atomic E-state index is 0.0639. The molecule has 0 fully saturated rings. The Hall–Kier alpha value is -2.41. The average molecular weight is 393 g/mol. The van der Waals surface area contributed by atoms with Crippen molar-refractivity contribution in [1.29, 1.82) is 5.26 Å². The minimum atomic E-state index is -3.76. The number of rotatable bonds is 8. The quantitative estimate of drug-likeness (QED) is 0.717. The van der Waals surface area contributed by atoms with Crippen molar-refractivity contribution in [3.63, 3.8) is 0 Å². The second kappa shape index (κ2) is 8.80. The monoisotopic (exact) mass is 393 g/mol. The van der Waals surface area contributed by atoms with Crippen molar-refractivity contribution in [2.45, 2.75) is 24.1 Å². The molecule has 26 heavy (non-hydrogen) atoms. The molecule has 1 heterocycles. The number of thiophene rings is 1. The van der Waals surface area contributed by atoms with E-state index in [1.165, 1.54) is 6.07 Å². The van der Waals surface area contributed by atoms with Gasteiger partial charge in [0.2, 0.25) is 5.91 Å². The first-order valence-electron chi connectivity index (χ1n) is 7.80. The molecule has 0 bridgehead atoms. The summed E-state index contributed by atoms with van der Waals surface area (Å²) in [6, 6.07) is 10.6. The highest BCUT2D eigenvalue weighted by Gasteiger charge is 2.28. The van der Waals surface area contributed by atoms with E-state index in [0.29, 0.717) is 11.4 Å². The van der Waals surface area contributed by atoms with E-state index in [0.717, 1.165) is 11.3 Å². The van der Waals surface area contributed by atoms with Crippen molar-refractivity contribution in [2.24, 2.45) is 5.92 Å². The lowest BCUT2D eigenvalue weighted by molar-refractivity contribution is -0.118. The van der Waals surface area contributed by atoms with Gasteiger partial charge in [-0.05, 0) is 41.6 Å². The molecule has 1 atom stereocenters. The molecular weight excluding hydrogens is 374 g/mol. The van der Waals surface area contributed by atoms with Crippen LogP contribution in [0.3, 0.4) is 0 Å². The molecule has 1 amide bonds. The predicted octanol–water partition coefficient (Wildman–Crippen LogP) is 2.59. The van der Waals surface area contributed by atoms with E-state index in [9.17, 15) is 13.2 Å². The summed E-state index contributed by atoms with van der Waals surface area (Å²) in [7, 11) is -3.76. The summed E-state index contributed by atoms with van der Waals surface area (Å²) in [6.07, 6.45) is 0. The van der Waals surface area contributed by atoms with Crippen molar-refractivity contribution in [3.05, 3.63) is 41.8 Å². The molecule has 7 nitrogen and oxygen atoms in total. The maximum atomic E-state index is 12.5. The molecule has 0 aliphatic rings. The van der Waals surface area contributed by atoms with Crippen LogP contribution in [0.2, 0.25) is 0 Å². The van der Waals surface area contributed by atoms with Gasteiger partial charge in [0.05, 0.1) is 0 Å². The second-order valence-corrected chi connectivity index (χ2v) is 8.62. The molecule has 0 unspecified atom stereocenters. The van der Waals surface area contributed by atoms with Gasteiger partial charge in [0.25, 0.3) is 10.0 Å². The van der Waals surface area contributed by atoms with Crippen molar-refractivity contribution in [2.75, 3.05) is 11.9 Å². The van der Waals surface area contributed by atoms with Crippen LogP contribution in [0.5, 0.6) is 5.75 Å². The zero-order valence-electron chi connectivity index (χ0n) is 14.3. The molecule has 0 saturated heterocycles. The summed E-state index contributed by atoms with van der Waals surface area (Å²) in [5, 5.41) is 12.8. The first-order chi connectivity index (χ1) is 12.3. The largest absolute Gasteiger partial charge is 0.479 e. The van der Waals surface area contributed by atoms with Crippen LogP contribution in [0.15, 0.2) is 46.0 Å². The summed E-state index contributed by atoms with van der Waals surface area (Å²) in [4.78, 5) is 12.5. The van der Waals surface area contributed by atoms with Crippen LogP contribution in [0, 0.1) is 17.2 Å². The third kappa shape index (κ3) is 5.29. The number of sulfonamides is 1. The molecule has 0 aliphatic heterocycles. The molecule has 0 aliphatic carbocycles. The predicted molar refractivity (Wildman–Crippen MR) is 99.4 cm³/mol. The van der Waals surface area contributed by atoms with Gasteiger partial charge in [-0.1, -0.05) is 19.9 Å². The van der Waals surface area contributed by atoms with Crippen molar-refractivity contribution >= 4 is 33.0 Å². The molecule has 0 radical (unpaired) electrons. The molecule has 2 aromatic rings. The normalized spacial score (nSPS) is 12.4. The van der Waals surface area contributed by atoms with Gasteiger partial charge in [-0.3, -0.25) is 4.79 Å². The van der Waals surface area contributed by atoms with E-state index in [-0.39, 0.29) is 16.7 Å². The first kappa shape index (κ1) is 19.9. The fraction of sp³-hybridized carbons (Fsp3) is 0.294. The summed E-state index contributed by atoms with van der Waals surface area (Å²) in [5.74, 6) is -0.197. The number of hydrogen-bond donors (Lipinski definition) is 2. The molecule has 1 aromatic carbocycles. The number of nitriles is 1. The van der Waals surface area contributed by atoms with Gasteiger partial charge < -0.3 is 10.1 Å². The molecule has 0 saturated carbocycles. The summed E-state index contributed by atoms with van der Waals surface area (Å²) in [5.41, 5.74) is 0.500. The van der Waals surface area contributed by atoms with Crippen molar-refractivity contribution in [3.8, 4) is 11.8 Å². The van der Waals surface area contributed by atoms with Crippen LogP contribution in [0.1, 0.15) is 13.8 Å². The van der Waals surface area contributed by atoms with E-state index in [1.807, 2.05) is 6.07 Å². The van der Waals surface area contributed by atoms with Gasteiger partial charge in [-0.15, -0.1) is 11.3 Å². The highest BCUT2D eigenvalue weighted by molar-refractivity contribution is 7.91. The lowest BCUT2D eigenvalue weighted by Crippen LogP contribution is -2.46. The summed E-state index contributed by atoms with van der Waals surface area (Å²) >= 11 is 1.09. The smallest absolute Gasteiger partial charge is 0.250 e. The molecule has 1 aromatic heterocycles. The Bertz CT molecular complexity index is 870. The fourth-order valence-electron chi connectivity index (χ4n) is 2.10. The van der Waals surface area contributed by atoms with Gasteiger partial charge in [0, 0.05) is 5.69 Å². The van der Waals surface area contributed by atoms with Gasteiger partial charge in [0.15, 0.2) is 6.61 Å². The van der Waals surface area contributed by atoms with Gasteiger partial charge >= 0.3 is 0 Å². The maximum Gasteiger partial charge on any atom is 0.250 e. The van der Waals surface area contributed by atoms with Crippen LogP contribution in [0.4, 0.5) is 5.69 Å². The number of carbonyl (C=O) groups is 1. The lowest BCUT2D eigenvalue weighted by Gasteiger charge is -2.21. The third-order valence-corrected chi connectivity index (χ3v) is 6.25. The molecule has 9 heteroatoms. The zero-order chi connectivity index (χ0) is 19.2. The number of amides is 1. The van der Waals surface area contributed by atoms with Crippen LogP contribution in [-0.2, 0) is 14.8 Å². The topological polar surface area (TPSA) is 108 Å². The fourth-order valence-corrected chi connectivity index (χ4v) is 4.46. The Morgan fingerprint density at radius 3 is 2.50 bits per heavy atom. The Kier molecular flexibility index (Phi) is 6.74. The Balaban J connectivity index is 2.08.